The van der Waals surface area contributed by atoms with Gasteiger partial charge in [-0.05, 0) is 59.2 Å². The van der Waals surface area contributed by atoms with Gasteiger partial charge in [-0.2, -0.15) is 0 Å². The van der Waals surface area contributed by atoms with Crippen molar-refractivity contribution in [3.05, 3.63) is 162 Å². The van der Waals surface area contributed by atoms with Crippen LogP contribution in [0, 0.1) is 0 Å². The number of H-pyrrole nitrogens is 1. The van der Waals surface area contributed by atoms with Gasteiger partial charge >= 0.3 is 39.0 Å². The summed E-state index contributed by atoms with van der Waals surface area (Å²) in [5, 5.41) is 0. The van der Waals surface area contributed by atoms with Crippen LogP contribution < -0.4 is 0 Å². The molecule has 16 nitrogen and oxygen atoms in total. The minimum atomic E-state index is -5.90. The van der Waals surface area contributed by atoms with E-state index in [0.717, 1.165) is 34.9 Å². The summed E-state index contributed by atoms with van der Waals surface area (Å²) in [6.45, 7) is 0. The molecule has 0 unspecified atom stereocenters. The molecular formula is C44H26N4O12S4Zn2. The van der Waals surface area contributed by atoms with Crippen molar-refractivity contribution in [2.75, 3.05) is 0 Å². The van der Waals surface area contributed by atoms with E-state index < -0.39 is 105 Å². The molecule has 66 heavy (non-hydrogen) atoms. The van der Waals surface area contributed by atoms with E-state index in [4.69, 9.17) is 0 Å². The number of hydrogen-bond donors (Lipinski definition) is 1. The zero-order chi connectivity index (χ0) is 45.3. The SMILES string of the molecule is O=S(=O)([O-])c1c2nc(c(S(=O)(=O)[O-])c3c(-c4ccccc4)c(-c4ccccc4)c(c(S(=O)(=O)[O-])c4nc(c(S(=O)(=O)[O-])c5ccc1[nH]5)C=C4c1ccccc1)n3-c1ccccc1)C=C2.[Zn+2].[Zn+2]. The summed E-state index contributed by atoms with van der Waals surface area (Å²) in [6.07, 6.45) is 2.95. The molecule has 0 saturated heterocycles. The molecule has 8 bridgehead atoms. The van der Waals surface area contributed by atoms with Crippen LogP contribution in [-0.4, -0.2) is 71.4 Å². The van der Waals surface area contributed by atoms with E-state index in [0.29, 0.717) is 0 Å². The van der Waals surface area contributed by atoms with E-state index in [2.05, 4.69) is 15.0 Å². The Morgan fingerprint density at radius 1 is 0.424 bits per heavy atom. The number of fused-ring (bicyclic) bond motifs is 8. The van der Waals surface area contributed by atoms with Crippen LogP contribution in [0.3, 0.4) is 0 Å². The second kappa shape index (κ2) is 17.9. The Balaban J connectivity index is 0.00000324. The first kappa shape index (κ1) is 48.3. The van der Waals surface area contributed by atoms with Crippen molar-refractivity contribution < 1.29 is 90.8 Å². The van der Waals surface area contributed by atoms with Crippen molar-refractivity contribution in [2.24, 2.45) is 0 Å². The third kappa shape index (κ3) is 8.73. The molecule has 0 atom stereocenters. The molecule has 7 aromatic rings. The molecule has 0 amide bonds. The van der Waals surface area contributed by atoms with Gasteiger partial charge in [0.15, 0.2) is 0 Å². The van der Waals surface area contributed by atoms with Gasteiger partial charge in [0.1, 0.15) is 60.1 Å². The molecule has 22 heteroatoms. The topological polar surface area (TPSA) is 275 Å². The maximum atomic E-state index is 14.4. The molecule has 1 N–H and O–H groups in total. The number of nitrogens with zero attached hydrogens (tertiary/aromatic N) is 3. The van der Waals surface area contributed by atoms with E-state index >= 15 is 0 Å². The van der Waals surface area contributed by atoms with Gasteiger partial charge in [0, 0.05) is 22.4 Å². The summed E-state index contributed by atoms with van der Waals surface area (Å²) in [4.78, 5) is 6.62. The van der Waals surface area contributed by atoms with Gasteiger partial charge in [0.25, 0.3) is 0 Å². The van der Waals surface area contributed by atoms with Crippen molar-refractivity contribution in [1.82, 2.24) is 19.5 Å². The number of aromatic amines is 1. The van der Waals surface area contributed by atoms with E-state index in [1.165, 1.54) is 60.7 Å². The van der Waals surface area contributed by atoms with Crippen molar-refractivity contribution >= 4 is 86.3 Å². The van der Waals surface area contributed by atoms with E-state index in [-0.39, 0.29) is 78.0 Å². The van der Waals surface area contributed by atoms with Gasteiger partial charge in [-0.3, -0.25) is 0 Å². The second-order valence-electron chi connectivity index (χ2n) is 14.3. The Morgan fingerprint density at radius 2 is 0.803 bits per heavy atom. The summed E-state index contributed by atoms with van der Waals surface area (Å²) < 4.78 is 166. The molecule has 0 aliphatic carbocycles. The molecule has 9 rings (SSSR count). The van der Waals surface area contributed by atoms with Crippen LogP contribution >= 0.6 is 0 Å². The number of nitrogens with one attached hydrogen (secondary N) is 1. The Hall–Kier alpha value is -5.63. The van der Waals surface area contributed by atoms with Crippen LogP contribution in [-0.2, 0) is 79.4 Å². The van der Waals surface area contributed by atoms with Gasteiger partial charge in [0.2, 0.25) is 0 Å². The smallest absolute Gasteiger partial charge is 0.744 e. The molecule has 2 aliphatic rings. The molecule has 4 aromatic carbocycles. The molecule has 322 valence electrons. The van der Waals surface area contributed by atoms with Gasteiger partial charge < -0.3 is 27.8 Å². The zero-order valence-electron chi connectivity index (χ0n) is 33.7. The first-order valence-electron chi connectivity index (χ1n) is 18.7. The Kier molecular flexibility index (Phi) is 13.1. The summed E-state index contributed by atoms with van der Waals surface area (Å²) in [5.74, 6) is 0. The van der Waals surface area contributed by atoms with Crippen molar-refractivity contribution in [1.29, 1.82) is 0 Å². The number of hydrogen-bond acceptors (Lipinski definition) is 14. The first-order valence-corrected chi connectivity index (χ1v) is 24.3. The fraction of sp³-hybridized carbons (Fsp3) is 0. The summed E-state index contributed by atoms with van der Waals surface area (Å²) in [6, 6.07) is 32.8. The molecule has 5 heterocycles. The van der Waals surface area contributed by atoms with E-state index in [9.17, 15) is 51.9 Å². The third-order valence-corrected chi connectivity index (χ3v) is 14.0. The fourth-order valence-corrected chi connectivity index (χ4v) is 11.1. The fourth-order valence-electron chi connectivity index (χ4n) is 7.95. The Bertz CT molecular complexity index is 3810. The summed E-state index contributed by atoms with van der Waals surface area (Å²) >= 11 is 0. The molecule has 0 radical (unpaired) electrons. The predicted molar refractivity (Wildman–Crippen MR) is 231 cm³/mol. The minimum Gasteiger partial charge on any atom is -0.744 e. The standard InChI is InChI=1S/C44H30N4O12S4.2Zn/c49-61(50,51)41-31-21-22-33(45-31)42(62(52,53)54)35-25-30(26-13-5-1-6-14-26)38(47-35)44(64(58,59)60)40-37(28-17-9-3-10-18-28)36(27-15-7-2-8-16-27)39(48(40)29-19-11-4-12-20-29)43(63(55,56)57)34-24-23-32(41)46-34;;/h1-25,45H,(H,49,50,51)(H,52,53,54)(H,55,56,57)(H,58,59,60);;/q;2*+2/p-4. The van der Waals surface area contributed by atoms with E-state index in [1.54, 1.807) is 60.7 Å². The van der Waals surface area contributed by atoms with Crippen LogP contribution in [0.5, 0.6) is 0 Å². The van der Waals surface area contributed by atoms with E-state index in [1.807, 2.05) is 0 Å². The maximum Gasteiger partial charge on any atom is 2.00 e. The second-order valence-corrected chi connectivity index (χ2v) is 19.5. The average molecular weight is 1060 g/mol. The van der Waals surface area contributed by atoms with Crippen LogP contribution in [0.1, 0.15) is 28.3 Å². The number of aromatic nitrogens is 4. The van der Waals surface area contributed by atoms with Crippen LogP contribution in [0.25, 0.3) is 73.8 Å². The number of rotatable bonds is 8. The first-order chi connectivity index (χ1) is 30.3. The van der Waals surface area contributed by atoms with Crippen molar-refractivity contribution in [3.8, 4) is 27.9 Å². The normalized spacial score (nSPS) is 12.8. The molecule has 2 aliphatic heterocycles. The van der Waals surface area contributed by atoms with Gasteiger partial charge in [-0.25, -0.2) is 43.6 Å². The Labute approximate surface area is 403 Å². The quantitative estimate of drug-likeness (QED) is 0.126. The van der Waals surface area contributed by atoms with Gasteiger partial charge in [-0.1, -0.05) is 109 Å². The Morgan fingerprint density at radius 3 is 1.24 bits per heavy atom. The van der Waals surface area contributed by atoms with Gasteiger partial charge in [-0.15, -0.1) is 0 Å². The van der Waals surface area contributed by atoms with Crippen molar-refractivity contribution in [3.63, 3.8) is 0 Å². The molecule has 0 saturated carbocycles. The molecule has 0 fully saturated rings. The monoisotopic (exact) mass is 1060 g/mol. The largest absolute Gasteiger partial charge is 2.00 e. The zero-order valence-corrected chi connectivity index (χ0v) is 42.9. The van der Waals surface area contributed by atoms with Crippen LogP contribution in [0.4, 0.5) is 0 Å². The van der Waals surface area contributed by atoms with Crippen molar-refractivity contribution in [2.45, 2.75) is 19.6 Å². The van der Waals surface area contributed by atoms with Crippen LogP contribution in [0.15, 0.2) is 153 Å². The number of benzene rings is 4. The average Bonchev–Trinajstić information content (AvgIpc) is 4.05. The van der Waals surface area contributed by atoms with Gasteiger partial charge in [0.05, 0.1) is 44.8 Å². The third-order valence-electron chi connectivity index (χ3n) is 10.3. The number of para-hydroxylation sites is 1. The maximum absolute atomic E-state index is 14.4. The molecule has 3 aromatic heterocycles. The summed E-state index contributed by atoms with van der Waals surface area (Å²) in [7, 11) is -23.0. The molecular weight excluding hydrogens is 1040 g/mol. The predicted octanol–water partition coefficient (Wildman–Crippen LogP) is 6.48. The summed E-state index contributed by atoms with van der Waals surface area (Å²) in [5.41, 5.74) is -5.06. The van der Waals surface area contributed by atoms with Crippen LogP contribution in [0.2, 0.25) is 0 Å². The molecule has 0 spiro atoms. The minimum absolute atomic E-state index is 0.